The Morgan fingerprint density at radius 3 is 2.71 bits per heavy atom. The summed E-state index contributed by atoms with van der Waals surface area (Å²) in [4.78, 5) is 4.35. The lowest BCUT2D eigenvalue weighted by atomic mass is 10.2. The Bertz CT molecular complexity index is 225. The van der Waals surface area contributed by atoms with Gasteiger partial charge in [-0.25, -0.2) is 0 Å². The standard InChI is InChI=1S/C10H19N3O/c1-14-9-5-4-8(6-9)13-10(11)12-7-2-3-7/h7-9H,2-6H2,1H3,(H3,11,12,13). The van der Waals surface area contributed by atoms with Crippen LogP contribution in [0.25, 0.3) is 0 Å². The number of guanidine groups is 1. The number of nitrogens with zero attached hydrogens (tertiary/aromatic N) is 1. The third kappa shape index (κ3) is 2.61. The zero-order chi connectivity index (χ0) is 9.97. The summed E-state index contributed by atoms with van der Waals surface area (Å²) in [6, 6.07) is 0.963. The molecule has 2 rings (SSSR count). The van der Waals surface area contributed by atoms with E-state index in [1.807, 2.05) is 0 Å². The minimum absolute atomic E-state index is 0.404. The summed E-state index contributed by atoms with van der Waals surface area (Å²) < 4.78 is 5.30. The molecule has 2 saturated carbocycles. The fraction of sp³-hybridized carbons (Fsp3) is 0.900. The molecule has 2 atom stereocenters. The van der Waals surface area contributed by atoms with E-state index in [9.17, 15) is 0 Å². The number of rotatable bonds is 3. The topological polar surface area (TPSA) is 59.6 Å². The van der Waals surface area contributed by atoms with E-state index >= 15 is 0 Å². The molecule has 0 saturated heterocycles. The Morgan fingerprint density at radius 1 is 1.36 bits per heavy atom. The first kappa shape index (κ1) is 9.77. The van der Waals surface area contributed by atoms with Gasteiger partial charge in [0.1, 0.15) is 0 Å². The van der Waals surface area contributed by atoms with Crippen molar-refractivity contribution in [1.29, 1.82) is 0 Å². The highest BCUT2D eigenvalue weighted by atomic mass is 16.5. The highest BCUT2D eigenvalue weighted by Gasteiger charge is 2.25. The van der Waals surface area contributed by atoms with Crippen molar-refractivity contribution in [3.05, 3.63) is 0 Å². The van der Waals surface area contributed by atoms with Crippen LogP contribution in [-0.2, 0) is 4.74 Å². The SMILES string of the molecule is COC1CCC(NC(N)=NC2CC2)C1. The fourth-order valence-electron chi connectivity index (χ4n) is 1.93. The molecule has 0 bridgehead atoms. The van der Waals surface area contributed by atoms with E-state index in [-0.39, 0.29) is 0 Å². The van der Waals surface area contributed by atoms with Gasteiger partial charge < -0.3 is 15.8 Å². The van der Waals surface area contributed by atoms with Crippen molar-refractivity contribution < 1.29 is 4.74 Å². The largest absolute Gasteiger partial charge is 0.381 e. The Kier molecular flexibility index (Phi) is 2.91. The number of hydrogen-bond acceptors (Lipinski definition) is 2. The summed E-state index contributed by atoms with van der Waals surface area (Å²) in [6.45, 7) is 0. The maximum absolute atomic E-state index is 5.78. The molecular formula is C10H19N3O. The molecule has 3 N–H and O–H groups in total. The van der Waals surface area contributed by atoms with Crippen LogP contribution in [0.15, 0.2) is 4.99 Å². The second-order valence-electron chi connectivity index (χ2n) is 4.26. The van der Waals surface area contributed by atoms with Crippen molar-refractivity contribution in [2.75, 3.05) is 7.11 Å². The van der Waals surface area contributed by atoms with E-state index in [1.54, 1.807) is 7.11 Å². The van der Waals surface area contributed by atoms with Gasteiger partial charge in [0.25, 0.3) is 0 Å². The van der Waals surface area contributed by atoms with E-state index in [0.29, 0.717) is 24.1 Å². The number of methoxy groups -OCH3 is 1. The number of hydrogen-bond donors (Lipinski definition) is 2. The highest BCUT2D eigenvalue weighted by molar-refractivity contribution is 5.78. The highest BCUT2D eigenvalue weighted by Crippen LogP contribution is 2.24. The van der Waals surface area contributed by atoms with Gasteiger partial charge in [-0.1, -0.05) is 0 Å². The van der Waals surface area contributed by atoms with Gasteiger partial charge in [-0.05, 0) is 32.1 Å². The molecule has 0 heterocycles. The molecule has 0 aromatic rings. The Morgan fingerprint density at radius 2 is 2.14 bits per heavy atom. The molecule has 0 aromatic heterocycles. The summed E-state index contributed by atoms with van der Waals surface area (Å²) >= 11 is 0. The van der Waals surface area contributed by atoms with Crippen LogP contribution in [0, 0.1) is 0 Å². The van der Waals surface area contributed by atoms with Crippen LogP contribution in [0.3, 0.4) is 0 Å². The summed E-state index contributed by atoms with van der Waals surface area (Å²) in [5.41, 5.74) is 5.78. The average molecular weight is 197 g/mol. The molecule has 2 aliphatic rings. The van der Waals surface area contributed by atoms with Crippen molar-refractivity contribution in [3.8, 4) is 0 Å². The molecule has 2 fully saturated rings. The average Bonchev–Trinajstić information content (AvgIpc) is 2.83. The molecule has 0 aromatic carbocycles. The lowest BCUT2D eigenvalue weighted by molar-refractivity contribution is 0.107. The molecule has 0 aliphatic heterocycles. The quantitative estimate of drug-likeness (QED) is 0.515. The van der Waals surface area contributed by atoms with Crippen molar-refractivity contribution in [1.82, 2.24) is 5.32 Å². The smallest absolute Gasteiger partial charge is 0.189 e. The van der Waals surface area contributed by atoms with Crippen molar-refractivity contribution in [2.24, 2.45) is 10.7 Å². The maximum Gasteiger partial charge on any atom is 0.189 e. The molecule has 14 heavy (non-hydrogen) atoms. The van der Waals surface area contributed by atoms with Crippen LogP contribution in [0.2, 0.25) is 0 Å². The van der Waals surface area contributed by atoms with Gasteiger partial charge in [0.05, 0.1) is 12.1 Å². The molecule has 2 unspecified atom stereocenters. The molecule has 4 nitrogen and oxygen atoms in total. The van der Waals surface area contributed by atoms with Crippen LogP contribution in [-0.4, -0.2) is 31.3 Å². The summed E-state index contributed by atoms with van der Waals surface area (Å²) in [5.74, 6) is 0.620. The van der Waals surface area contributed by atoms with Crippen molar-refractivity contribution in [3.63, 3.8) is 0 Å². The first-order valence-corrected chi connectivity index (χ1v) is 5.40. The molecular weight excluding hydrogens is 178 g/mol. The van der Waals surface area contributed by atoms with Crippen molar-refractivity contribution >= 4 is 5.96 Å². The van der Waals surface area contributed by atoms with E-state index in [4.69, 9.17) is 10.5 Å². The molecule has 0 spiro atoms. The Labute approximate surface area is 84.9 Å². The van der Waals surface area contributed by atoms with Crippen LogP contribution < -0.4 is 11.1 Å². The van der Waals surface area contributed by atoms with Gasteiger partial charge in [0.15, 0.2) is 5.96 Å². The summed E-state index contributed by atoms with van der Waals surface area (Å²) in [6.07, 6.45) is 6.13. The normalized spacial score (nSPS) is 33.4. The number of aliphatic imine (C=N–C) groups is 1. The van der Waals surface area contributed by atoms with Crippen LogP contribution in [0.5, 0.6) is 0 Å². The molecule has 2 aliphatic carbocycles. The fourth-order valence-corrected chi connectivity index (χ4v) is 1.93. The second kappa shape index (κ2) is 4.17. The van der Waals surface area contributed by atoms with E-state index in [1.165, 1.54) is 12.8 Å². The first-order valence-electron chi connectivity index (χ1n) is 5.40. The minimum atomic E-state index is 0.404. The lowest BCUT2D eigenvalue weighted by Crippen LogP contribution is -2.39. The van der Waals surface area contributed by atoms with E-state index in [0.717, 1.165) is 19.3 Å². The molecule has 0 amide bonds. The second-order valence-corrected chi connectivity index (χ2v) is 4.26. The zero-order valence-corrected chi connectivity index (χ0v) is 8.70. The van der Waals surface area contributed by atoms with E-state index < -0.39 is 0 Å². The zero-order valence-electron chi connectivity index (χ0n) is 8.70. The number of nitrogens with two attached hydrogens (primary N) is 1. The molecule has 4 heteroatoms. The summed E-state index contributed by atoms with van der Waals surface area (Å²) in [7, 11) is 1.77. The third-order valence-electron chi connectivity index (χ3n) is 2.94. The van der Waals surface area contributed by atoms with Crippen LogP contribution in [0.1, 0.15) is 32.1 Å². The van der Waals surface area contributed by atoms with Gasteiger partial charge in [0, 0.05) is 13.2 Å². The lowest BCUT2D eigenvalue weighted by Gasteiger charge is -2.13. The maximum atomic E-state index is 5.78. The Balaban J connectivity index is 1.74. The van der Waals surface area contributed by atoms with Gasteiger partial charge in [-0.15, -0.1) is 0 Å². The predicted octanol–water partition coefficient (Wildman–Crippen LogP) is 0.621. The summed E-state index contributed by atoms with van der Waals surface area (Å²) in [5, 5.41) is 3.26. The first-order chi connectivity index (χ1) is 6.78. The van der Waals surface area contributed by atoms with Gasteiger partial charge in [0.2, 0.25) is 0 Å². The van der Waals surface area contributed by atoms with Gasteiger partial charge in [-0.3, -0.25) is 4.99 Å². The van der Waals surface area contributed by atoms with E-state index in [2.05, 4.69) is 10.3 Å². The molecule has 80 valence electrons. The Hall–Kier alpha value is -0.770. The predicted molar refractivity (Wildman–Crippen MR) is 56.2 cm³/mol. The van der Waals surface area contributed by atoms with Crippen LogP contribution >= 0.6 is 0 Å². The monoisotopic (exact) mass is 197 g/mol. The number of ether oxygens (including phenoxy) is 1. The molecule has 0 radical (unpaired) electrons. The van der Waals surface area contributed by atoms with Crippen LogP contribution in [0.4, 0.5) is 0 Å². The van der Waals surface area contributed by atoms with Gasteiger partial charge >= 0.3 is 0 Å². The van der Waals surface area contributed by atoms with Gasteiger partial charge in [-0.2, -0.15) is 0 Å². The number of nitrogens with one attached hydrogen (secondary N) is 1. The third-order valence-corrected chi connectivity index (χ3v) is 2.94. The van der Waals surface area contributed by atoms with Crippen molar-refractivity contribution in [2.45, 2.75) is 50.3 Å². The minimum Gasteiger partial charge on any atom is -0.381 e.